The third-order valence-corrected chi connectivity index (χ3v) is 4.00. The van der Waals surface area contributed by atoms with Gasteiger partial charge < -0.3 is 0 Å². The molecule has 1 saturated carbocycles. The van der Waals surface area contributed by atoms with Crippen molar-refractivity contribution in [2.24, 2.45) is 17.2 Å². The van der Waals surface area contributed by atoms with Crippen LogP contribution in [0.25, 0.3) is 0 Å². The molecule has 0 bridgehead atoms. The fraction of sp³-hybridized carbons (Fsp3) is 0.769. The lowest BCUT2D eigenvalue weighted by atomic mass is 10.0. The molecular formula is C13H24N4. The van der Waals surface area contributed by atoms with E-state index in [0.29, 0.717) is 17.4 Å². The first-order valence-corrected chi connectivity index (χ1v) is 6.47. The Morgan fingerprint density at radius 3 is 2.76 bits per heavy atom. The van der Waals surface area contributed by atoms with Crippen molar-refractivity contribution in [1.82, 2.24) is 15.2 Å². The van der Waals surface area contributed by atoms with E-state index in [2.05, 4.69) is 42.0 Å². The molecule has 2 unspecified atom stereocenters. The highest BCUT2D eigenvalue weighted by Gasteiger charge is 2.49. The molecule has 17 heavy (non-hydrogen) atoms. The zero-order chi connectivity index (χ0) is 12.6. The van der Waals surface area contributed by atoms with Crippen LogP contribution in [-0.4, -0.2) is 15.8 Å². The van der Waals surface area contributed by atoms with Gasteiger partial charge in [-0.05, 0) is 37.7 Å². The van der Waals surface area contributed by atoms with Gasteiger partial charge in [0.1, 0.15) is 0 Å². The lowest BCUT2D eigenvalue weighted by Crippen LogP contribution is -2.40. The molecule has 2 atom stereocenters. The van der Waals surface area contributed by atoms with E-state index in [9.17, 15) is 0 Å². The van der Waals surface area contributed by atoms with E-state index >= 15 is 0 Å². The third kappa shape index (κ3) is 2.53. The number of aryl methyl sites for hydroxylation is 2. The Labute approximate surface area is 104 Å². The summed E-state index contributed by atoms with van der Waals surface area (Å²) in [6, 6.07) is 2.54. The van der Waals surface area contributed by atoms with Crippen molar-refractivity contribution in [3.8, 4) is 0 Å². The number of aromatic nitrogens is 2. The fourth-order valence-electron chi connectivity index (χ4n) is 2.77. The topological polar surface area (TPSA) is 55.9 Å². The van der Waals surface area contributed by atoms with Crippen molar-refractivity contribution in [2.75, 3.05) is 0 Å². The highest BCUT2D eigenvalue weighted by molar-refractivity contribution is 5.13. The van der Waals surface area contributed by atoms with Crippen LogP contribution in [0.1, 0.15) is 38.6 Å². The maximum absolute atomic E-state index is 5.70. The molecule has 1 aliphatic carbocycles. The zero-order valence-corrected chi connectivity index (χ0v) is 11.3. The Morgan fingerprint density at radius 1 is 1.65 bits per heavy atom. The second kappa shape index (κ2) is 4.42. The van der Waals surface area contributed by atoms with Crippen LogP contribution in [0.3, 0.4) is 0 Å². The average Bonchev–Trinajstić information content (AvgIpc) is 2.74. The molecule has 0 saturated heterocycles. The van der Waals surface area contributed by atoms with Crippen LogP contribution >= 0.6 is 0 Å². The van der Waals surface area contributed by atoms with Gasteiger partial charge in [0.25, 0.3) is 0 Å². The van der Waals surface area contributed by atoms with Crippen molar-refractivity contribution < 1.29 is 0 Å². The van der Waals surface area contributed by atoms with Gasteiger partial charge in [0.2, 0.25) is 0 Å². The van der Waals surface area contributed by atoms with Gasteiger partial charge in [-0.25, -0.2) is 0 Å². The second-order valence-electron chi connectivity index (χ2n) is 5.87. The number of hydrogen-bond donors (Lipinski definition) is 2. The van der Waals surface area contributed by atoms with E-state index < -0.39 is 0 Å². The second-order valence-corrected chi connectivity index (χ2v) is 5.87. The van der Waals surface area contributed by atoms with Gasteiger partial charge in [0, 0.05) is 24.7 Å². The van der Waals surface area contributed by atoms with Gasteiger partial charge >= 0.3 is 0 Å². The van der Waals surface area contributed by atoms with Gasteiger partial charge in [-0.3, -0.25) is 16.0 Å². The number of hydrogen-bond acceptors (Lipinski definition) is 3. The molecule has 0 radical (unpaired) electrons. The highest BCUT2D eigenvalue weighted by atomic mass is 15.3. The van der Waals surface area contributed by atoms with Crippen molar-refractivity contribution in [3.05, 3.63) is 17.5 Å². The molecule has 0 spiro atoms. The molecular weight excluding hydrogens is 212 g/mol. The minimum absolute atomic E-state index is 0.367. The number of nitrogens with zero attached hydrogens (tertiary/aromatic N) is 2. The van der Waals surface area contributed by atoms with Crippen molar-refractivity contribution >= 4 is 0 Å². The van der Waals surface area contributed by atoms with E-state index in [1.807, 2.05) is 6.92 Å². The largest absolute Gasteiger partial charge is 0.271 e. The summed E-state index contributed by atoms with van der Waals surface area (Å²) in [6.45, 7) is 9.72. The molecule has 1 aromatic heterocycles. The van der Waals surface area contributed by atoms with Crippen molar-refractivity contribution in [1.29, 1.82) is 0 Å². The number of nitrogens with one attached hydrogen (secondary N) is 1. The van der Waals surface area contributed by atoms with Gasteiger partial charge in [0.15, 0.2) is 0 Å². The molecule has 4 nitrogen and oxygen atoms in total. The van der Waals surface area contributed by atoms with Crippen LogP contribution in [-0.2, 0) is 13.0 Å². The van der Waals surface area contributed by atoms with E-state index in [-0.39, 0.29) is 0 Å². The maximum atomic E-state index is 5.70. The highest BCUT2D eigenvalue weighted by Crippen LogP contribution is 2.53. The van der Waals surface area contributed by atoms with Crippen LogP contribution < -0.4 is 11.3 Å². The summed E-state index contributed by atoms with van der Waals surface area (Å²) < 4.78 is 2.08. The smallest absolute Gasteiger partial charge is 0.0596 e. The van der Waals surface area contributed by atoms with E-state index in [0.717, 1.165) is 18.7 Å². The Morgan fingerprint density at radius 2 is 2.29 bits per heavy atom. The van der Waals surface area contributed by atoms with Crippen LogP contribution in [0.5, 0.6) is 0 Å². The molecule has 1 aliphatic rings. The number of rotatable bonds is 5. The van der Waals surface area contributed by atoms with E-state index in [1.54, 1.807) is 0 Å². The molecule has 0 aromatic carbocycles. The Kier molecular flexibility index (Phi) is 3.27. The normalized spacial score (nSPS) is 23.7. The predicted octanol–water partition coefficient (Wildman–Crippen LogP) is 1.63. The Bertz CT molecular complexity index is 394. The number of hydrazine groups is 1. The summed E-state index contributed by atoms with van der Waals surface area (Å²) in [5.74, 6) is 6.39. The predicted molar refractivity (Wildman–Crippen MR) is 69.3 cm³/mol. The summed E-state index contributed by atoms with van der Waals surface area (Å²) in [4.78, 5) is 0. The van der Waals surface area contributed by atoms with Gasteiger partial charge in [0.05, 0.1) is 5.69 Å². The number of nitrogens with two attached hydrogens (primary N) is 1. The Balaban J connectivity index is 2.08. The van der Waals surface area contributed by atoms with Crippen molar-refractivity contribution in [3.63, 3.8) is 0 Å². The maximum Gasteiger partial charge on any atom is 0.0596 e. The first-order chi connectivity index (χ1) is 7.97. The minimum Gasteiger partial charge on any atom is -0.271 e. The first-order valence-electron chi connectivity index (χ1n) is 6.47. The lowest BCUT2D eigenvalue weighted by molar-refractivity contribution is 0.399. The fourth-order valence-corrected chi connectivity index (χ4v) is 2.77. The van der Waals surface area contributed by atoms with Crippen molar-refractivity contribution in [2.45, 2.75) is 53.1 Å². The van der Waals surface area contributed by atoms with E-state index in [4.69, 9.17) is 5.84 Å². The summed E-state index contributed by atoms with van der Waals surface area (Å²) >= 11 is 0. The van der Waals surface area contributed by atoms with Crippen LogP contribution in [0.15, 0.2) is 6.07 Å². The standard InChI is InChI=1S/C13H24N4/c1-5-17-10(6-9(2)16-17)7-12(15-14)11-8-13(11,3)4/h6,11-12,15H,5,7-8,14H2,1-4H3. The SMILES string of the molecule is CCn1nc(C)cc1CC(NN)C1CC1(C)C. The van der Waals surface area contributed by atoms with Gasteiger partial charge in [-0.2, -0.15) is 5.10 Å². The van der Waals surface area contributed by atoms with Crippen LogP contribution in [0.2, 0.25) is 0 Å². The molecule has 1 heterocycles. The first kappa shape index (κ1) is 12.6. The monoisotopic (exact) mass is 236 g/mol. The lowest BCUT2D eigenvalue weighted by Gasteiger charge is -2.18. The molecule has 3 N–H and O–H groups in total. The Hall–Kier alpha value is -0.870. The summed E-state index contributed by atoms with van der Waals surface area (Å²) in [6.07, 6.45) is 2.24. The minimum atomic E-state index is 0.367. The molecule has 2 rings (SSSR count). The molecule has 1 aromatic rings. The van der Waals surface area contributed by atoms with Crippen LogP contribution in [0, 0.1) is 18.3 Å². The zero-order valence-electron chi connectivity index (χ0n) is 11.3. The summed E-state index contributed by atoms with van der Waals surface area (Å²) in [5, 5.41) is 4.48. The summed E-state index contributed by atoms with van der Waals surface area (Å²) in [5.41, 5.74) is 5.81. The molecule has 96 valence electrons. The van der Waals surface area contributed by atoms with Gasteiger partial charge in [-0.15, -0.1) is 0 Å². The molecule has 0 amide bonds. The van der Waals surface area contributed by atoms with E-state index in [1.165, 1.54) is 12.1 Å². The quantitative estimate of drug-likeness (QED) is 0.603. The summed E-state index contributed by atoms with van der Waals surface area (Å²) in [7, 11) is 0. The molecule has 4 heteroatoms. The van der Waals surface area contributed by atoms with Crippen LogP contribution in [0.4, 0.5) is 0 Å². The molecule has 1 fully saturated rings. The molecule has 0 aliphatic heterocycles. The van der Waals surface area contributed by atoms with Gasteiger partial charge in [-0.1, -0.05) is 13.8 Å². The third-order valence-electron chi connectivity index (χ3n) is 4.00. The average molecular weight is 236 g/mol.